The van der Waals surface area contributed by atoms with E-state index in [9.17, 15) is 9.59 Å². The van der Waals surface area contributed by atoms with E-state index in [2.05, 4.69) is 16.0 Å². The molecule has 0 bridgehead atoms. The van der Waals surface area contributed by atoms with Gasteiger partial charge in [0.15, 0.2) is 0 Å². The van der Waals surface area contributed by atoms with Crippen LogP contribution in [0, 0.1) is 6.92 Å². The van der Waals surface area contributed by atoms with Gasteiger partial charge in [-0.3, -0.25) is 4.79 Å². The molecule has 3 amide bonds. The number of carbonyl (C=O) groups excluding carboxylic acids is 2. The number of anilines is 1. The molecule has 1 atom stereocenters. The first-order valence-corrected chi connectivity index (χ1v) is 7.16. The molecule has 1 rings (SSSR count). The zero-order valence-electron chi connectivity index (χ0n) is 14.0. The second-order valence-electron chi connectivity index (χ2n) is 6.24. The number of aryl methyl sites for hydroxylation is 1. The number of urea groups is 1. The monoisotopic (exact) mass is 307 g/mol. The molecule has 0 aliphatic rings. The molecule has 0 aliphatic heterocycles. The van der Waals surface area contributed by atoms with Gasteiger partial charge >= 0.3 is 6.03 Å². The lowest BCUT2D eigenvalue weighted by Gasteiger charge is -2.23. The van der Waals surface area contributed by atoms with Crippen molar-refractivity contribution in [3.63, 3.8) is 0 Å². The average molecular weight is 307 g/mol. The van der Waals surface area contributed by atoms with Gasteiger partial charge in [0.2, 0.25) is 5.91 Å². The summed E-state index contributed by atoms with van der Waals surface area (Å²) in [6, 6.07) is 4.27. The minimum atomic E-state index is -0.626. The summed E-state index contributed by atoms with van der Waals surface area (Å²) < 4.78 is 5.17. The predicted octanol–water partition coefficient (Wildman–Crippen LogP) is 2.43. The summed E-state index contributed by atoms with van der Waals surface area (Å²) in [5.74, 6) is 0.525. The Morgan fingerprint density at radius 3 is 2.36 bits per heavy atom. The summed E-state index contributed by atoms with van der Waals surface area (Å²) in [7, 11) is 1.59. The van der Waals surface area contributed by atoms with Crippen LogP contribution in [0.4, 0.5) is 10.5 Å². The number of ether oxygens (including phenoxy) is 1. The SMILES string of the molecule is COc1ccc(NC(=O)N[C@@H](C)C(=O)NC(C)(C)C)cc1C. The van der Waals surface area contributed by atoms with Crippen LogP contribution in [-0.4, -0.2) is 30.6 Å². The van der Waals surface area contributed by atoms with Crippen molar-refractivity contribution in [1.82, 2.24) is 10.6 Å². The highest BCUT2D eigenvalue weighted by molar-refractivity contribution is 5.93. The van der Waals surface area contributed by atoms with Crippen LogP contribution in [0.2, 0.25) is 0 Å². The van der Waals surface area contributed by atoms with Gasteiger partial charge in [-0.05, 0) is 58.4 Å². The van der Waals surface area contributed by atoms with Crippen LogP contribution in [-0.2, 0) is 4.79 Å². The third-order valence-electron chi connectivity index (χ3n) is 2.89. The van der Waals surface area contributed by atoms with Gasteiger partial charge in [0, 0.05) is 11.2 Å². The Hall–Kier alpha value is -2.24. The molecule has 0 unspecified atom stereocenters. The fraction of sp³-hybridized carbons (Fsp3) is 0.500. The van der Waals surface area contributed by atoms with E-state index in [0.29, 0.717) is 5.69 Å². The molecule has 0 heterocycles. The van der Waals surface area contributed by atoms with Crippen molar-refractivity contribution < 1.29 is 14.3 Å². The Morgan fingerprint density at radius 2 is 1.86 bits per heavy atom. The van der Waals surface area contributed by atoms with Gasteiger partial charge in [-0.25, -0.2) is 4.79 Å². The summed E-state index contributed by atoms with van der Waals surface area (Å²) >= 11 is 0. The van der Waals surface area contributed by atoms with E-state index < -0.39 is 12.1 Å². The predicted molar refractivity (Wildman–Crippen MR) is 87.2 cm³/mol. The second kappa shape index (κ2) is 7.15. The lowest BCUT2D eigenvalue weighted by Crippen LogP contribution is -2.51. The van der Waals surface area contributed by atoms with Gasteiger partial charge in [0.05, 0.1) is 7.11 Å². The highest BCUT2D eigenvalue weighted by Crippen LogP contribution is 2.21. The topological polar surface area (TPSA) is 79.5 Å². The number of hydrogen-bond acceptors (Lipinski definition) is 3. The van der Waals surface area contributed by atoms with Crippen LogP contribution in [0.3, 0.4) is 0 Å². The maximum absolute atomic E-state index is 11.9. The molecule has 6 nitrogen and oxygen atoms in total. The molecule has 122 valence electrons. The second-order valence-corrected chi connectivity index (χ2v) is 6.24. The molecular weight excluding hydrogens is 282 g/mol. The van der Waals surface area contributed by atoms with Gasteiger partial charge in [0.1, 0.15) is 11.8 Å². The standard InChI is InChI=1S/C16H25N3O3/c1-10-9-12(7-8-13(10)22-6)18-15(21)17-11(2)14(20)19-16(3,4)5/h7-9,11H,1-6H3,(H,19,20)(H2,17,18,21)/t11-/m0/s1. The van der Waals surface area contributed by atoms with Crippen LogP contribution in [0.5, 0.6) is 5.75 Å². The van der Waals surface area contributed by atoms with Crippen LogP contribution >= 0.6 is 0 Å². The maximum atomic E-state index is 11.9. The smallest absolute Gasteiger partial charge is 0.319 e. The molecule has 1 aromatic rings. The molecule has 0 saturated carbocycles. The minimum absolute atomic E-state index is 0.228. The Balaban J connectivity index is 2.59. The third kappa shape index (κ3) is 5.63. The normalized spacial score (nSPS) is 12.3. The number of rotatable bonds is 4. The zero-order valence-corrected chi connectivity index (χ0v) is 14.0. The third-order valence-corrected chi connectivity index (χ3v) is 2.89. The number of benzene rings is 1. The molecule has 1 aromatic carbocycles. The molecule has 0 saturated heterocycles. The maximum Gasteiger partial charge on any atom is 0.319 e. The van der Waals surface area contributed by atoms with Crippen molar-refractivity contribution in [1.29, 1.82) is 0 Å². The molecule has 0 spiro atoms. The van der Waals surface area contributed by atoms with E-state index in [0.717, 1.165) is 11.3 Å². The van der Waals surface area contributed by atoms with E-state index in [1.807, 2.05) is 27.7 Å². The van der Waals surface area contributed by atoms with E-state index in [4.69, 9.17) is 4.74 Å². The molecule has 6 heteroatoms. The number of hydrogen-bond donors (Lipinski definition) is 3. The Morgan fingerprint density at radius 1 is 1.23 bits per heavy atom. The Bertz CT molecular complexity index is 550. The van der Waals surface area contributed by atoms with E-state index in [1.54, 1.807) is 32.2 Å². The van der Waals surface area contributed by atoms with Crippen LogP contribution in [0.25, 0.3) is 0 Å². The van der Waals surface area contributed by atoms with Crippen molar-refractivity contribution in [3.8, 4) is 5.75 Å². The molecule has 0 fully saturated rings. The van der Waals surface area contributed by atoms with Gasteiger partial charge in [-0.15, -0.1) is 0 Å². The fourth-order valence-corrected chi connectivity index (χ4v) is 1.86. The minimum Gasteiger partial charge on any atom is -0.496 e. The van der Waals surface area contributed by atoms with E-state index >= 15 is 0 Å². The zero-order chi connectivity index (χ0) is 16.9. The van der Waals surface area contributed by atoms with E-state index in [-0.39, 0.29) is 11.4 Å². The van der Waals surface area contributed by atoms with Crippen molar-refractivity contribution >= 4 is 17.6 Å². The number of methoxy groups -OCH3 is 1. The molecule has 0 aromatic heterocycles. The quantitative estimate of drug-likeness (QED) is 0.799. The van der Waals surface area contributed by atoms with Crippen molar-refractivity contribution in [2.45, 2.75) is 46.2 Å². The first-order valence-electron chi connectivity index (χ1n) is 7.16. The van der Waals surface area contributed by atoms with Crippen molar-refractivity contribution in [2.24, 2.45) is 0 Å². The Kier molecular flexibility index (Phi) is 5.79. The number of carbonyl (C=O) groups is 2. The number of amides is 3. The highest BCUT2D eigenvalue weighted by Gasteiger charge is 2.20. The van der Waals surface area contributed by atoms with Crippen molar-refractivity contribution in [2.75, 3.05) is 12.4 Å². The van der Waals surface area contributed by atoms with Crippen LogP contribution in [0.1, 0.15) is 33.3 Å². The molecular formula is C16H25N3O3. The first-order chi connectivity index (χ1) is 10.1. The largest absolute Gasteiger partial charge is 0.496 e. The van der Waals surface area contributed by atoms with Gasteiger partial charge in [-0.2, -0.15) is 0 Å². The van der Waals surface area contributed by atoms with Gasteiger partial charge < -0.3 is 20.7 Å². The molecule has 3 N–H and O–H groups in total. The first kappa shape index (κ1) is 17.8. The summed E-state index contributed by atoms with van der Waals surface area (Å²) in [5.41, 5.74) is 1.22. The van der Waals surface area contributed by atoms with Gasteiger partial charge in [0.25, 0.3) is 0 Å². The molecule has 0 radical (unpaired) electrons. The molecule has 22 heavy (non-hydrogen) atoms. The van der Waals surface area contributed by atoms with Crippen LogP contribution in [0.15, 0.2) is 18.2 Å². The summed E-state index contributed by atoms with van der Waals surface area (Å²) in [6.45, 7) is 9.19. The van der Waals surface area contributed by atoms with E-state index in [1.165, 1.54) is 0 Å². The van der Waals surface area contributed by atoms with Gasteiger partial charge in [-0.1, -0.05) is 0 Å². The summed E-state index contributed by atoms with van der Waals surface area (Å²) in [5, 5.41) is 8.12. The Labute approximate surface area is 131 Å². The lowest BCUT2D eigenvalue weighted by atomic mass is 10.1. The molecule has 0 aliphatic carbocycles. The van der Waals surface area contributed by atoms with Crippen LogP contribution < -0.4 is 20.7 Å². The summed E-state index contributed by atoms with van der Waals surface area (Å²) in [6.07, 6.45) is 0. The fourth-order valence-electron chi connectivity index (χ4n) is 1.86. The van der Waals surface area contributed by atoms with Crippen molar-refractivity contribution in [3.05, 3.63) is 23.8 Å². The number of nitrogens with one attached hydrogen (secondary N) is 3. The summed E-state index contributed by atoms with van der Waals surface area (Å²) in [4.78, 5) is 23.8. The average Bonchev–Trinajstić information content (AvgIpc) is 2.36. The highest BCUT2D eigenvalue weighted by atomic mass is 16.5. The lowest BCUT2D eigenvalue weighted by molar-refractivity contribution is -0.123.